The summed E-state index contributed by atoms with van der Waals surface area (Å²) in [6.07, 6.45) is 0.0625. The number of hydrogen-bond acceptors (Lipinski definition) is 10. The molecule has 0 radical (unpaired) electrons. The van der Waals surface area contributed by atoms with Crippen molar-refractivity contribution in [3.8, 4) is 16.2 Å². The van der Waals surface area contributed by atoms with Crippen molar-refractivity contribution in [3.05, 3.63) is 143 Å². The van der Waals surface area contributed by atoms with E-state index in [2.05, 4.69) is 52.1 Å². The molecule has 0 aliphatic carbocycles. The van der Waals surface area contributed by atoms with Gasteiger partial charge in [-0.3, -0.25) is 19.2 Å². The fourth-order valence-electron chi connectivity index (χ4n) is 7.83. The highest BCUT2D eigenvalue weighted by Gasteiger charge is 2.44. The molecule has 0 unspecified atom stereocenters. The molecule has 4 N–H and O–H groups in total. The Kier molecular flexibility index (Phi) is 17.8. The predicted molar refractivity (Wildman–Crippen MR) is 257 cm³/mol. The molecule has 1 fully saturated rings. The van der Waals surface area contributed by atoms with E-state index in [1.54, 1.807) is 11.3 Å². The Morgan fingerprint density at radius 1 is 0.803 bits per heavy atom. The fourth-order valence-corrected chi connectivity index (χ4v) is 8.64. The van der Waals surface area contributed by atoms with Gasteiger partial charge in [-0.2, -0.15) is 0 Å². The fraction of sp³-hybridized carbons (Fsp3) is 0.365. The van der Waals surface area contributed by atoms with Crippen molar-refractivity contribution in [2.24, 2.45) is 5.41 Å². The van der Waals surface area contributed by atoms with Gasteiger partial charge in [0.05, 0.1) is 42.0 Å². The number of amides is 4. The molecular formula is C52H61N5O8S. The van der Waals surface area contributed by atoms with Gasteiger partial charge in [0.15, 0.2) is 6.61 Å². The highest BCUT2D eigenvalue weighted by molar-refractivity contribution is 7.13. The van der Waals surface area contributed by atoms with E-state index in [1.807, 2.05) is 118 Å². The Morgan fingerprint density at radius 2 is 1.45 bits per heavy atom. The van der Waals surface area contributed by atoms with Crippen LogP contribution in [0.4, 0.5) is 0 Å². The number of nitrogens with zero attached hydrogens (tertiary/aromatic N) is 2. The number of carbonyl (C=O) groups excluding carboxylic acids is 4. The number of thiazole rings is 1. The number of aromatic nitrogens is 1. The van der Waals surface area contributed by atoms with Gasteiger partial charge in [0.1, 0.15) is 24.4 Å². The summed E-state index contributed by atoms with van der Waals surface area (Å²) in [5, 5.41) is 19.0. The molecule has 4 amide bonds. The first-order chi connectivity index (χ1) is 31.8. The number of ether oxygens (including phenoxy) is 3. The van der Waals surface area contributed by atoms with Crippen molar-refractivity contribution in [3.63, 3.8) is 0 Å². The molecule has 0 bridgehead atoms. The van der Waals surface area contributed by atoms with E-state index in [-0.39, 0.29) is 70.9 Å². The topological polar surface area (TPSA) is 168 Å². The van der Waals surface area contributed by atoms with Crippen LogP contribution < -0.4 is 20.7 Å². The summed E-state index contributed by atoms with van der Waals surface area (Å²) in [5.41, 5.74) is 9.73. The molecule has 13 nitrogen and oxygen atoms in total. The summed E-state index contributed by atoms with van der Waals surface area (Å²) in [7, 11) is 0. The van der Waals surface area contributed by atoms with E-state index >= 15 is 0 Å². The van der Waals surface area contributed by atoms with Gasteiger partial charge in [-0.15, -0.1) is 11.3 Å². The molecule has 348 valence electrons. The molecular weight excluding hydrogens is 855 g/mol. The first-order valence-corrected chi connectivity index (χ1v) is 23.2. The van der Waals surface area contributed by atoms with Crippen molar-refractivity contribution in [2.75, 3.05) is 46.1 Å². The SMILES string of the molecule is CC/C(=C(\c1ccccc1)c1ccc(OCC(=O)NCCOCCOCC(=O)N[C@H](C(=O)N2C[C@H](O)C[C@H]2C(=O)NCc2ccc(-c3scnc3C)cc2)C(C)(C)C)cc1)c1ccccc1. The summed E-state index contributed by atoms with van der Waals surface area (Å²) in [6, 6.07) is 34.4. The lowest BCUT2D eigenvalue weighted by Gasteiger charge is -2.35. The number of benzene rings is 4. The largest absolute Gasteiger partial charge is 0.484 e. The molecule has 1 saturated heterocycles. The maximum absolute atomic E-state index is 13.9. The molecule has 3 atom stereocenters. The molecule has 2 heterocycles. The number of aliphatic hydroxyl groups excluding tert-OH is 1. The molecule has 5 aromatic rings. The van der Waals surface area contributed by atoms with Crippen LogP contribution in [0.15, 0.2) is 115 Å². The first kappa shape index (κ1) is 49.2. The molecule has 66 heavy (non-hydrogen) atoms. The van der Waals surface area contributed by atoms with Crippen molar-refractivity contribution in [1.29, 1.82) is 0 Å². The average Bonchev–Trinajstić information content (AvgIpc) is 3.94. The molecule has 1 aliphatic heterocycles. The van der Waals surface area contributed by atoms with Gasteiger partial charge in [-0.1, -0.05) is 125 Å². The number of hydrogen-bond donors (Lipinski definition) is 4. The van der Waals surface area contributed by atoms with E-state index in [4.69, 9.17) is 14.2 Å². The van der Waals surface area contributed by atoms with Crippen molar-refractivity contribution in [2.45, 2.75) is 72.2 Å². The summed E-state index contributed by atoms with van der Waals surface area (Å²) in [5.74, 6) is -1.06. The number of carbonyl (C=O) groups is 4. The number of aryl methyl sites for hydroxylation is 1. The van der Waals surface area contributed by atoms with Crippen molar-refractivity contribution >= 4 is 46.1 Å². The number of likely N-dealkylation sites (tertiary alicyclic amines) is 1. The van der Waals surface area contributed by atoms with Crippen LogP contribution in [-0.2, 0) is 35.2 Å². The van der Waals surface area contributed by atoms with E-state index in [0.717, 1.165) is 44.8 Å². The van der Waals surface area contributed by atoms with Crippen LogP contribution >= 0.6 is 11.3 Å². The van der Waals surface area contributed by atoms with Crippen LogP contribution in [0, 0.1) is 12.3 Å². The van der Waals surface area contributed by atoms with Crippen molar-refractivity contribution in [1.82, 2.24) is 25.8 Å². The molecule has 0 saturated carbocycles. The number of allylic oxidation sites excluding steroid dienone is 1. The molecule has 4 aromatic carbocycles. The smallest absolute Gasteiger partial charge is 0.258 e. The Morgan fingerprint density at radius 3 is 2.09 bits per heavy atom. The van der Waals surface area contributed by atoms with Gasteiger partial charge < -0.3 is 40.2 Å². The number of aliphatic hydroxyl groups is 1. The summed E-state index contributed by atoms with van der Waals surface area (Å²) in [6.45, 7) is 10.1. The normalized spacial score (nSPS) is 15.7. The second-order valence-electron chi connectivity index (χ2n) is 17.2. The van der Waals surface area contributed by atoms with Gasteiger partial charge in [0.2, 0.25) is 17.7 Å². The van der Waals surface area contributed by atoms with Gasteiger partial charge >= 0.3 is 0 Å². The Balaban J connectivity index is 0.884. The quantitative estimate of drug-likeness (QED) is 0.0456. The average molecular weight is 916 g/mol. The molecule has 0 spiro atoms. The number of β-amino-alcohol motifs (C(OH)–C–C–N with tert-alkyl or cyclic N) is 1. The summed E-state index contributed by atoms with van der Waals surface area (Å²) < 4.78 is 16.9. The van der Waals surface area contributed by atoms with Crippen LogP contribution in [0.5, 0.6) is 5.75 Å². The van der Waals surface area contributed by atoms with Crippen molar-refractivity contribution < 1.29 is 38.5 Å². The van der Waals surface area contributed by atoms with Crippen LogP contribution in [0.2, 0.25) is 0 Å². The summed E-state index contributed by atoms with van der Waals surface area (Å²) in [4.78, 5) is 59.7. The predicted octanol–water partition coefficient (Wildman–Crippen LogP) is 6.82. The Hall–Kier alpha value is -6.19. The van der Waals surface area contributed by atoms with E-state index in [1.165, 1.54) is 16.0 Å². The molecule has 1 aromatic heterocycles. The number of rotatable bonds is 21. The third-order valence-corrected chi connectivity index (χ3v) is 12.2. The third kappa shape index (κ3) is 13.7. The highest BCUT2D eigenvalue weighted by atomic mass is 32.1. The lowest BCUT2D eigenvalue weighted by molar-refractivity contribution is -0.144. The summed E-state index contributed by atoms with van der Waals surface area (Å²) >= 11 is 1.57. The maximum atomic E-state index is 13.9. The second-order valence-corrected chi connectivity index (χ2v) is 18.1. The van der Waals surface area contributed by atoms with E-state index in [9.17, 15) is 24.3 Å². The van der Waals surface area contributed by atoms with Crippen LogP contribution in [0.25, 0.3) is 21.6 Å². The molecule has 14 heteroatoms. The zero-order valence-electron chi connectivity index (χ0n) is 38.4. The monoisotopic (exact) mass is 915 g/mol. The minimum absolute atomic E-state index is 0.0264. The lowest BCUT2D eigenvalue weighted by Crippen LogP contribution is -2.58. The van der Waals surface area contributed by atoms with Gasteiger partial charge in [-0.05, 0) is 69.9 Å². The Bertz CT molecular complexity index is 2400. The molecule has 6 rings (SSSR count). The van der Waals surface area contributed by atoms with Gasteiger partial charge in [-0.25, -0.2) is 4.98 Å². The minimum atomic E-state index is -0.983. The van der Waals surface area contributed by atoms with Crippen LogP contribution in [-0.4, -0.2) is 103 Å². The second kappa shape index (κ2) is 23.8. The van der Waals surface area contributed by atoms with Crippen LogP contribution in [0.1, 0.15) is 68.5 Å². The lowest BCUT2D eigenvalue weighted by atomic mass is 9.85. The maximum Gasteiger partial charge on any atom is 0.258 e. The van der Waals surface area contributed by atoms with Gasteiger partial charge in [0, 0.05) is 26.1 Å². The third-order valence-electron chi connectivity index (χ3n) is 11.2. The van der Waals surface area contributed by atoms with E-state index < -0.39 is 35.4 Å². The Labute approximate surface area is 391 Å². The standard InChI is InChI=1S/C52H61N5O8S/c1-6-43(37-13-9-7-10-14-37)47(38-15-11-8-12-16-38)39-21-23-42(24-22-39)65-33-45(59)53-25-26-63-27-28-64-32-46(60)56-49(52(3,4)5)51(62)57-31-41(58)29-44(57)50(61)54-30-36-17-19-40(20-18-36)48-35(2)55-34-66-48/h7-24,34,41,44,49,58H,6,25-33H2,1-5H3,(H,53,59)(H,54,61)(H,56,60)/b47-43-/t41-,44+,49-/m1/s1. The molecule has 1 aliphatic rings. The highest BCUT2D eigenvalue weighted by Crippen LogP contribution is 2.35. The minimum Gasteiger partial charge on any atom is -0.484 e. The van der Waals surface area contributed by atoms with E-state index in [0.29, 0.717) is 5.75 Å². The zero-order chi connectivity index (χ0) is 47.1. The zero-order valence-corrected chi connectivity index (χ0v) is 39.2. The number of nitrogens with one attached hydrogen (secondary N) is 3. The first-order valence-electron chi connectivity index (χ1n) is 22.4. The van der Waals surface area contributed by atoms with Crippen LogP contribution in [0.3, 0.4) is 0 Å². The van der Waals surface area contributed by atoms with Gasteiger partial charge in [0.25, 0.3) is 5.91 Å².